The molecule has 0 atom stereocenters. The fraction of sp³-hybridized carbons (Fsp3) is 0.261. The maximum Gasteiger partial charge on any atom is 0.251 e. The van der Waals surface area contributed by atoms with Crippen LogP contribution in [0.3, 0.4) is 0 Å². The summed E-state index contributed by atoms with van der Waals surface area (Å²) in [5.74, 6) is 1.14. The summed E-state index contributed by atoms with van der Waals surface area (Å²) in [4.78, 5) is 23.2. The van der Waals surface area contributed by atoms with Gasteiger partial charge in [-0.3, -0.25) is 4.79 Å². The molecule has 156 valence electrons. The highest BCUT2D eigenvalue weighted by atomic mass is 16.1. The van der Waals surface area contributed by atoms with E-state index in [1.54, 1.807) is 0 Å². The van der Waals surface area contributed by atoms with E-state index >= 15 is 0 Å². The second-order valence-corrected chi connectivity index (χ2v) is 7.33. The molecule has 2 aromatic carbocycles. The molecular formula is C23H28N6O. The molecule has 3 rings (SSSR count). The quantitative estimate of drug-likeness (QED) is 0.496. The number of benzene rings is 2. The van der Waals surface area contributed by atoms with Crippen molar-refractivity contribution in [1.82, 2.24) is 15.3 Å². The molecule has 0 aliphatic rings. The van der Waals surface area contributed by atoms with E-state index in [9.17, 15) is 4.79 Å². The molecule has 0 unspecified atom stereocenters. The van der Waals surface area contributed by atoms with Crippen molar-refractivity contribution in [2.75, 3.05) is 42.7 Å². The molecule has 0 aliphatic heterocycles. The van der Waals surface area contributed by atoms with Gasteiger partial charge in [-0.25, -0.2) is 4.98 Å². The molecule has 3 aromatic rings. The molecule has 0 spiro atoms. The molecule has 7 heteroatoms. The number of hydrogen-bond acceptors (Lipinski definition) is 6. The van der Waals surface area contributed by atoms with Gasteiger partial charge in [-0.15, -0.1) is 0 Å². The number of aromatic nitrogens is 2. The monoisotopic (exact) mass is 404 g/mol. The van der Waals surface area contributed by atoms with Crippen molar-refractivity contribution in [3.63, 3.8) is 0 Å². The Kier molecular flexibility index (Phi) is 6.85. The van der Waals surface area contributed by atoms with Gasteiger partial charge in [0.1, 0.15) is 5.82 Å². The second kappa shape index (κ2) is 9.73. The predicted octanol–water partition coefficient (Wildman–Crippen LogP) is 3.74. The van der Waals surface area contributed by atoms with Crippen molar-refractivity contribution in [3.8, 4) is 0 Å². The zero-order valence-corrected chi connectivity index (χ0v) is 17.9. The number of rotatable bonds is 8. The Balaban J connectivity index is 1.51. The molecule has 7 nitrogen and oxygen atoms in total. The molecule has 1 aromatic heterocycles. The molecule has 0 saturated carbocycles. The van der Waals surface area contributed by atoms with Crippen LogP contribution in [0.1, 0.15) is 21.6 Å². The van der Waals surface area contributed by atoms with Gasteiger partial charge in [0.2, 0.25) is 5.95 Å². The fourth-order valence-corrected chi connectivity index (χ4v) is 2.86. The predicted molar refractivity (Wildman–Crippen MR) is 123 cm³/mol. The highest BCUT2D eigenvalue weighted by Crippen LogP contribution is 2.17. The number of anilines is 4. The lowest BCUT2D eigenvalue weighted by Gasteiger charge is -2.13. The molecule has 0 saturated heterocycles. The summed E-state index contributed by atoms with van der Waals surface area (Å²) < 4.78 is 0. The minimum atomic E-state index is -0.103. The average Bonchev–Trinajstić information content (AvgIpc) is 2.72. The fourth-order valence-electron chi connectivity index (χ4n) is 2.86. The zero-order chi connectivity index (χ0) is 21.5. The number of carbonyl (C=O) groups is 1. The molecule has 0 fully saturated rings. The van der Waals surface area contributed by atoms with E-state index in [1.165, 1.54) is 5.56 Å². The van der Waals surface area contributed by atoms with E-state index in [-0.39, 0.29) is 5.91 Å². The van der Waals surface area contributed by atoms with Gasteiger partial charge in [-0.05, 0) is 50.2 Å². The summed E-state index contributed by atoms with van der Waals surface area (Å²) in [6.07, 6.45) is 0. The highest BCUT2D eigenvalue weighted by molar-refractivity contribution is 5.94. The Morgan fingerprint density at radius 1 is 0.933 bits per heavy atom. The van der Waals surface area contributed by atoms with Crippen LogP contribution in [0.2, 0.25) is 0 Å². The molecule has 1 heterocycles. The first-order chi connectivity index (χ1) is 14.4. The van der Waals surface area contributed by atoms with Gasteiger partial charge in [0.05, 0.1) is 0 Å². The Morgan fingerprint density at radius 3 is 2.30 bits per heavy atom. The maximum absolute atomic E-state index is 12.3. The van der Waals surface area contributed by atoms with Crippen LogP contribution in [0.15, 0.2) is 54.6 Å². The Labute approximate surface area is 177 Å². The Hall–Kier alpha value is -3.61. The third-order valence-corrected chi connectivity index (χ3v) is 4.52. The van der Waals surface area contributed by atoms with Gasteiger partial charge in [0, 0.05) is 55.9 Å². The second-order valence-electron chi connectivity index (χ2n) is 7.33. The molecule has 0 radical (unpaired) electrons. The van der Waals surface area contributed by atoms with Gasteiger partial charge in [0.25, 0.3) is 5.91 Å². The van der Waals surface area contributed by atoms with Crippen molar-refractivity contribution < 1.29 is 4.79 Å². The smallest absolute Gasteiger partial charge is 0.251 e. The van der Waals surface area contributed by atoms with Crippen LogP contribution in [0, 0.1) is 13.8 Å². The number of aryl methyl sites for hydroxylation is 2. The Morgan fingerprint density at radius 2 is 1.63 bits per heavy atom. The average molecular weight is 405 g/mol. The van der Waals surface area contributed by atoms with Gasteiger partial charge in [-0.1, -0.05) is 17.7 Å². The van der Waals surface area contributed by atoms with Crippen molar-refractivity contribution in [1.29, 1.82) is 0 Å². The van der Waals surface area contributed by atoms with Gasteiger partial charge < -0.3 is 20.9 Å². The van der Waals surface area contributed by atoms with E-state index in [1.807, 2.05) is 80.5 Å². The number of carbonyl (C=O) groups excluding carboxylic acids is 1. The largest absolute Gasteiger partial charge is 0.378 e. The van der Waals surface area contributed by atoms with E-state index in [4.69, 9.17) is 0 Å². The first-order valence-electron chi connectivity index (χ1n) is 9.89. The van der Waals surface area contributed by atoms with Crippen LogP contribution < -0.4 is 20.9 Å². The molecular weight excluding hydrogens is 376 g/mol. The number of amides is 1. The topological polar surface area (TPSA) is 82.2 Å². The van der Waals surface area contributed by atoms with E-state index < -0.39 is 0 Å². The van der Waals surface area contributed by atoms with Crippen LogP contribution in [0.25, 0.3) is 0 Å². The summed E-state index contributed by atoms with van der Waals surface area (Å²) in [5, 5.41) is 9.36. The zero-order valence-electron chi connectivity index (χ0n) is 17.9. The molecule has 0 bridgehead atoms. The summed E-state index contributed by atoms with van der Waals surface area (Å²) in [6.45, 7) is 4.96. The van der Waals surface area contributed by atoms with Crippen LogP contribution in [0.4, 0.5) is 23.1 Å². The minimum absolute atomic E-state index is 0.103. The van der Waals surface area contributed by atoms with Gasteiger partial charge in [0.15, 0.2) is 0 Å². The molecule has 1 amide bonds. The Bertz CT molecular complexity index is 984. The van der Waals surface area contributed by atoms with Crippen LogP contribution in [0.5, 0.6) is 0 Å². The van der Waals surface area contributed by atoms with Gasteiger partial charge >= 0.3 is 0 Å². The highest BCUT2D eigenvalue weighted by Gasteiger charge is 2.06. The van der Waals surface area contributed by atoms with Gasteiger partial charge in [-0.2, -0.15) is 4.98 Å². The first-order valence-corrected chi connectivity index (χ1v) is 9.89. The van der Waals surface area contributed by atoms with E-state index in [0.29, 0.717) is 24.6 Å². The third kappa shape index (κ3) is 5.94. The molecule has 30 heavy (non-hydrogen) atoms. The summed E-state index contributed by atoms with van der Waals surface area (Å²) in [7, 11) is 3.94. The summed E-state index contributed by atoms with van der Waals surface area (Å²) in [5.41, 5.74) is 4.72. The molecule has 0 aliphatic carbocycles. The number of nitrogens with one attached hydrogen (secondary N) is 3. The lowest BCUT2D eigenvalue weighted by Crippen LogP contribution is -2.29. The maximum atomic E-state index is 12.3. The minimum Gasteiger partial charge on any atom is -0.378 e. The van der Waals surface area contributed by atoms with E-state index in [0.717, 1.165) is 22.9 Å². The van der Waals surface area contributed by atoms with Crippen LogP contribution in [-0.4, -0.2) is 43.1 Å². The SMILES string of the molecule is Cc1ccc(Nc2cc(C)nc(NCCNC(=O)c3ccc(N(C)C)cc3)n2)cc1. The first kappa shape index (κ1) is 21.1. The van der Waals surface area contributed by atoms with Crippen molar-refractivity contribution in [2.24, 2.45) is 0 Å². The lowest BCUT2D eigenvalue weighted by atomic mass is 10.2. The summed E-state index contributed by atoms with van der Waals surface area (Å²) in [6, 6.07) is 17.5. The van der Waals surface area contributed by atoms with Crippen LogP contribution >= 0.6 is 0 Å². The molecule has 3 N–H and O–H groups in total. The van der Waals surface area contributed by atoms with E-state index in [2.05, 4.69) is 32.8 Å². The van der Waals surface area contributed by atoms with Crippen molar-refractivity contribution in [2.45, 2.75) is 13.8 Å². The summed E-state index contributed by atoms with van der Waals surface area (Å²) >= 11 is 0. The van der Waals surface area contributed by atoms with Crippen molar-refractivity contribution in [3.05, 3.63) is 71.4 Å². The normalized spacial score (nSPS) is 10.4. The number of nitrogens with zero attached hydrogens (tertiary/aromatic N) is 3. The standard InChI is InChI=1S/C23H28N6O/c1-16-5-9-19(10-6-16)27-21-15-17(2)26-23(28-21)25-14-13-24-22(30)18-7-11-20(12-8-18)29(3)4/h5-12,15H,13-14H2,1-4H3,(H,24,30)(H2,25,26,27,28). The lowest BCUT2D eigenvalue weighted by molar-refractivity contribution is 0.0955. The van der Waals surface area contributed by atoms with Crippen LogP contribution in [-0.2, 0) is 0 Å². The third-order valence-electron chi connectivity index (χ3n) is 4.52. The van der Waals surface area contributed by atoms with Crippen molar-refractivity contribution >= 4 is 29.0 Å². The number of hydrogen-bond donors (Lipinski definition) is 3.